The van der Waals surface area contributed by atoms with Crippen molar-refractivity contribution >= 4 is 5.91 Å². The minimum Gasteiger partial charge on any atom is -0.497 e. The van der Waals surface area contributed by atoms with Gasteiger partial charge in [-0.15, -0.1) is 0 Å². The Hall–Kier alpha value is -2.30. The lowest BCUT2D eigenvalue weighted by Gasteiger charge is -2.38. The molecule has 0 bridgehead atoms. The first-order valence-corrected chi connectivity index (χ1v) is 8.04. The topological polar surface area (TPSA) is 55.6 Å². The maximum absolute atomic E-state index is 12.8. The van der Waals surface area contributed by atoms with Crippen molar-refractivity contribution in [2.24, 2.45) is 0 Å². The summed E-state index contributed by atoms with van der Waals surface area (Å²) in [6, 6.07) is 9.71. The summed E-state index contributed by atoms with van der Waals surface area (Å²) < 4.78 is 10.6. The third kappa shape index (κ3) is 3.09. The highest BCUT2D eigenvalue weighted by Gasteiger charge is 2.31. The highest BCUT2D eigenvalue weighted by Crippen LogP contribution is 2.27. The van der Waals surface area contributed by atoms with Gasteiger partial charge in [-0.1, -0.05) is 17.3 Å². The molecule has 2 aromatic rings. The monoisotopic (exact) mass is 314 g/mol. The fourth-order valence-electron chi connectivity index (χ4n) is 3.24. The molecule has 0 unspecified atom stereocenters. The highest BCUT2D eigenvalue weighted by molar-refractivity contribution is 5.93. The number of carbonyl (C=O) groups is 1. The van der Waals surface area contributed by atoms with E-state index in [1.807, 2.05) is 29.2 Å². The Labute approximate surface area is 136 Å². The van der Waals surface area contributed by atoms with Crippen LogP contribution in [0, 0.1) is 0 Å². The van der Waals surface area contributed by atoms with Crippen LogP contribution < -0.4 is 4.74 Å². The average Bonchev–Trinajstić information content (AvgIpc) is 3.04. The van der Waals surface area contributed by atoms with E-state index in [4.69, 9.17) is 9.26 Å². The molecule has 3 rings (SSSR count). The maximum Gasteiger partial charge on any atom is 0.276 e. The number of benzene rings is 1. The van der Waals surface area contributed by atoms with Gasteiger partial charge in [-0.3, -0.25) is 4.79 Å². The summed E-state index contributed by atoms with van der Waals surface area (Å²) in [6.07, 6.45) is 3.24. The van der Waals surface area contributed by atoms with Crippen molar-refractivity contribution in [1.29, 1.82) is 0 Å². The average molecular weight is 314 g/mol. The van der Waals surface area contributed by atoms with Gasteiger partial charge in [0.1, 0.15) is 5.75 Å². The zero-order valence-electron chi connectivity index (χ0n) is 13.8. The summed E-state index contributed by atoms with van der Waals surface area (Å²) in [4.78, 5) is 14.7. The highest BCUT2D eigenvalue weighted by atomic mass is 16.5. The smallest absolute Gasteiger partial charge is 0.276 e. The molecule has 2 atom stereocenters. The predicted molar refractivity (Wildman–Crippen MR) is 87.4 cm³/mol. The number of piperidine rings is 1. The molecule has 23 heavy (non-hydrogen) atoms. The van der Waals surface area contributed by atoms with Gasteiger partial charge in [-0.05, 0) is 45.2 Å². The Bertz CT molecular complexity index is 685. The van der Waals surface area contributed by atoms with Gasteiger partial charge in [-0.2, -0.15) is 0 Å². The number of aromatic nitrogens is 1. The molecule has 5 heteroatoms. The molecule has 1 amide bonds. The molecule has 1 fully saturated rings. The van der Waals surface area contributed by atoms with Crippen molar-refractivity contribution in [3.63, 3.8) is 0 Å². The van der Waals surface area contributed by atoms with Gasteiger partial charge in [-0.25, -0.2) is 0 Å². The van der Waals surface area contributed by atoms with Crippen molar-refractivity contribution in [2.75, 3.05) is 7.11 Å². The number of carbonyl (C=O) groups excluding carboxylic acids is 1. The van der Waals surface area contributed by atoms with E-state index in [9.17, 15) is 4.79 Å². The zero-order valence-corrected chi connectivity index (χ0v) is 13.8. The number of methoxy groups -OCH3 is 1. The van der Waals surface area contributed by atoms with Crippen LogP contribution in [0.15, 0.2) is 34.9 Å². The van der Waals surface area contributed by atoms with Crippen LogP contribution in [-0.2, 0) is 0 Å². The number of likely N-dealkylation sites (tertiary alicyclic amines) is 1. The van der Waals surface area contributed by atoms with E-state index in [1.165, 1.54) is 6.42 Å². The van der Waals surface area contributed by atoms with E-state index in [-0.39, 0.29) is 18.0 Å². The maximum atomic E-state index is 12.8. The summed E-state index contributed by atoms with van der Waals surface area (Å²) in [7, 11) is 1.62. The van der Waals surface area contributed by atoms with Crippen LogP contribution >= 0.6 is 0 Å². The lowest BCUT2D eigenvalue weighted by Crippen LogP contribution is -2.47. The SMILES string of the molecule is COc1cccc(-c2cc(C(=O)N3[C@H](C)CCC[C@@H]3C)no2)c1. The van der Waals surface area contributed by atoms with Crippen LogP contribution in [0.25, 0.3) is 11.3 Å². The van der Waals surface area contributed by atoms with Crippen LogP contribution in [0.1, 0.15) is 43.6 Å². The van der Waals surface area contributed by atoms with Crippen molar-refractivity contribution in [2.45, 2.75) is 45.2 Å². The molecule has 1 saturated heterocycles. The lowest BCUT2D eigenvalue weighted by molar-refractivity contribution is 0.0500. The fourth-order valence-corrected chi connectivity index (χ4v) is 3.24. The first-order valence-electron chi connectivity index (χ1n) is 8.04. The molecule has 2 heterocycles. The number of nitrogens with zero attached hydrogens (tertiary/aromatic N) is 2. The summed E-state index contributed by atoms with van der Waals surface area (Å²) >= 11 is 0. The summed E-state index contributed by atoms with van der Waals surface area (Å²) in [6.45, 7) is 4.19. The van der Waals surface area contributed by atoms with E-state index in [1.54, 1.807) is 13.2 Å². The van der Waals surface area contributed by atoms with Gasteiger partial charge in [0.25, 0.3) is 5.91 Å². The van der Waals surface area contributed by atoms with Crippen LogP contribution in [0.5, 0.6) is 5.75 Å². The Kier molecular flexibility index (Phi) is 4.37. The van der Waals surface area contributed by atoms with Crippen molar-refractivity contribution < 1.29 is 14.1 Å². The predicted octanol–water partition coefficient (Wildman–Crippen LogP) is 3.75. The second-order valence-corrected chi connectivity index (χ2v) is 6.15. The Morgan fingerprint density at radius 1 is 1.26 bits per heavy atom. The molecule has 0 radical (unpaired) electrons. The number of rotatable bonds is 3. The minimum absolute atomic E-state index is 0.0532. The quantitative estimate of drug-likeness (QED) is 0.865. The second kappa shape index (κ2) is 6.44. The molecule has 0 aliphatic carbocycles. The molecule has 0 N–H and O–H groups in total. The van der Waals surface area contributed by atoms with Gasteiger partial charge >= 0.3 is 0 Å². The van der Waals surface area contributed by atoms with Crippen molar-refractivity contribution in [1.82, 2.24) is 10.1 Å². The van der Waals surface area contributed by atoms with Crippen molar-refractivity contribution in [3.8, 4) is 17.1 Å². The zero-order chi connectivity index (χ0) is 16.4. The molecule has 122 valence electrons. The standard InChI is InChI=1S/C18H22N2O3/c1-12-6-4-7-13(2)20(12)18(21)16-11-17(23-19-16)14-8-5-9-15(10-14)22-3/h5,8-13H,4,6-7H2,1-3H3/t12-,13+. The summed E-state index contributed by atoms with van der Waals surface area (Å²) in [5.74, 6) is 1.26. The lowest BCUT2D eigenvalue weighted by atomic mass is 9.97. The molecular formula is C18H22N2O3. The summed E-state index contributed by atoms with van der Waals surface area (Å²) in [5.41, 5.74) is 1.21. The largest absolute Gasteiger partial charge is 0.497 e. The molecule has 1 aliphatic rings. The minimum atomic E-state index is -0.0532. The molecule has 0 spiro atoms. The normalized spacial score (nSPS) is 21.3. The first kappa shape index (κ1) is 15.6. The van der Waals surface area contributed by atoms with E-state index in [0.717, 1.165) is 24.2 Å². The fraction of sp³-hybridized carbons (Fsp3) is 0.444. The third-order valence-corrected chi connectivity index (χ3v) is 4.51. The second-order valence-electron chi connectivity index (χ2n) is 6.15. The van der Waals surface area contributed by atoms with Crippen LogP contribution in [0.3, 0.4) is 0 Å². The number of hydrogen-bond donors (Lipinski definition) is 0. The number of ether oxygens (including phenoxy) is 1. The van der Waals surface area contributed by atoms with Crippen LogP contribution in [0.4, 0.5) is 0 Å². The first-order chi connectivity index (χ1) is 11.1. The molecule has 0 saturated carbocycles. The Morgan fingerprint density at radius 3 is 2.70 bits per heavy atom. The molecule has 1 aromatic heterocycles. The van der Waals surface area contributed by atoms with E-state index in [2.05, 4.69) is 19.0 Å². The van der Waals surface area contributed by atoms with Gasteiger partial charge in [0.05, 0.1) is 7.11 Å². The van der Waals surface area contributed by atoms with Gasteiger partial charge in [0.2, 0.25) is 0 Å². The van der Waals surface area contributed by atoms with E-state index < -0.39 is 0 Å². The Morgan fingerprint density at radius 2 is 2.00 bits per heavy atom. The number of hydrogen-bond acceptors (Lipinski definition) is 4. The summed E-state index contributed by atoms with van der Waals surface area (Å²) in [5, 5.41) is 3.99. The van der Waals surface area contributed by atoms with Gasteiger partial charge in [0, 0.05) is 23.7 Å². The van der Waals surface area contributed by atoms with Gasteiger partial charge < -0.3 is 14.2 Å². The Balaban J connectivity index is 1.84. The van der Waals surface area contributed by atoms with E-state index >= 15 is 0 Å². The van der Waals surface area contributed by atoms with Gasteiger partial charge in [0.15, 0.2) is 11.5 Å². The molecule has 1 aliphatic heterocycles. The molecule has 1 aromatic carbocycles. The van der Waals surface area contributed by atoms with E-state index in [0.29, 0.717) is 11.5 Å². The number of amides is 1. The molecular weight excluding hydrogens is 292 g/mol. The third-order valence-electron chi connectivity index (χ3n) is 4.51. The van der Waals surface area contributed by atoms with Crippen LogP contribution in [-0.4, -0.2) is 35.2 Å². The van der Waals surface area contributed by atoms with Crippen LogP contribution in [0.2, 0.25) is 0 Å². The molecule has 5 nitrogen and oxygen atoms in total. The van der Waals surface area contributed by atoms with Crippen molar-refractivity contribution in [3.05, 3.63) is 36.0 Å².